The summed E-state index contributed by atoms with van der Waals surface area (Å²) in [6.07, 6.45) is 0.278. The number of hydrogen-bond acceptors (Lipinski definition) is 5. The van der Waals surface area contributed by atoms with E-state index in [2.05, 4.69) is 0 Å². The van der Waals surface area contributed by atoms with Crippen molar-refractivity contribution in [2.45, 2.75) is 18.9 Å². The molecule has 1 aromatic carbocycles. The predicted molar refractivity (Wildman–Crippen MR) is 104 cm³/mol. The molecule has 0 fully saturated rings. The van der Waals surface area contributed by atoms with E-state index in [1.165, 1.54) is 7.11 Å². The highest BCUT2D eigenvalue weighted by molar-refractivity contribution is 5.84. The van der Waals surface area contributed by atoms with Crippen LogP contribution >= 0.6 is 0 Å². The Bertz CT molecular complexity index is 1140. The van der Waals surface area contributed by atoms with E-state index in [0.717, 1.165) is 16.5 Å². The zero-order valence-electron chi connectivity index (χ0n) is 15.4. The van der Waals surface area contributed by atoms with Crippen molar-refractivity contribution in [3.8, 4) is 11.4 Å². The van der Waals surface area contributed by atoms with Crippen LogP contribution in [0.4, 0.5) is 0 Å². The minimum absolute atomic E-state index is 0.258. The number of nitrogens with zero attached hydrogens (tertiary/aromatic N) is 2. The zero-order chi connectivity index (χ0) is 19.8. The fourth-order valence-electron chi connectivity index (χ4n) is 3.81. The van der Waals surface area contributed by atoms with Gasteiger partial charge in [-0.3, -0.25) is 9.59 Å². The number of ether oxygens (including phenoxy) is 1. The highest BCUT2D eigenvalue weighted by Gasteiger charge is 2.30. The maximum atomic E-state index is 13.2. The highest BCUT2D eigenvalue weighted by atomic mass is 16.5. The largest absolute Gasteiger partial charge is 0.481 e. The predicted octanol–water partition coefficient (Wildman–Crippen LogP) is 1.77. The standard InChI is InChI=1S/C21H20N2O5/c1-28-7-6-14-15(16(11-24)21(26)27)9-18-19-13(10-23(18)20(14)25)8-12-4-2-3-5-17(12)22-19/h2-5,8-9,16,24H,6-7,10-11H2,1H3,(H,26,27). The highest BCUT2D eigenvalue weighted by Crippen LogP contribution is 2.34. The number of benzene rings is 1. The van der Waals surface area contributed by atoms with Gasteiger partial charge in [-0.05, 0) is 23.8 Å². The van der Waals surface area contributed by atoms with Gasteiger partial charge < -0.3 is 19.5 Å². The minimum Gasteiger partial charge on any atom is -0.481 e. The summed E-state index contributed by atoms with van der Waals surface area (Å²) < 4.78 is 6.72. The van der Waals surface area contributed by atoms with Gasteiger partial charge in [-0.1, -0.05) is 18.2 Å². The molecule has 0 aliphatic carbocycles. The second-order valence-corrected chi connectivity index (χ2v) is 6.86. The number of carboxylic acids is 1. The summed E-state index contributed by atoms with van der Waals surface area (Å²) in [6, 6.07) is 11.4. The summed E-state index contributed by atoms with van der Waals surface area (Å²) >= 11 is 0. The molecule has 28 heavy (non-hydrogen) atoms. The molecule has 7 heteroatoms. The van der Waals surface area contributed by atoms with Crippen LogP contribution in [0.25, 0.3) is 22.3 Å². The Morgan fingerprint density at radius 2 is 2.11 bits per heavy atom. The molecule has 2 N–H and O–H groups in total. The fourth-order valence-corrected chi connectivity index (χ4v) is 3.81. The number of aliphatic carboxylic acids is 1. The molecule has 1 unspecified atom stereocenters. The third kappa shape index (κ3) is 2.89. The van der Waals surface area contributed by atoms with Crippen LogP contribution < -0.4 is 5.56 Å². The van der Waals surface area contributed by atoms with Gasteiger partial charge in [0.2, 0.25) is 0 Å². The lowest BCUT2D eigenvalue weighted by Gasteiger charge is -2.17. The normalized spacial score (nSPS) is 13.4. The van der Waals surface area contributed by atoms with Gasteiger partial charge in [0.05, 0.1) is 36.7 Å². The van der Waals surface area contributed by atoms with E-state index in [9.17, 15) is 19.8 Å². The molecule has 0 radical (unpaired) electrons. The Hall–Kier alpha value is -3.03. The molecule has 144 valence electrons. The molecule has 0 spiro atoms. The molecule has 7 nitrogen and oxygen atoms in total. The van der Waals surface area contributed by atoms with Gasteiger partial charge in [-0.2, -0.15) is 0 Å². The van der Waals surface area contributed by atoms with E-state index in [-0.39, 0.29) is 18.6 Å². The third-order valence-corrected chi connectivity index (χ3v) is 5.22. The number of hydrogen-bond donors (Lipinski definition) is 2. The van der Waals surface area contributed by atoms with Crippen molar-refractivity contribution in [2.75, 3.05) is 20.3 Å². The van der Waals surface area contributed by atoms with Crippen molar-refractivity contribution in [3.63, 3.8) is 0 Å². The molecule has 0 saturated carbocycles. The van der Waals surface area contributed by atoms with Gasteiger partial charge >= 0.3 is 5.97 Å². The third-order valence-electron chi connectivity index (χ3n) is 5.22. The molecule has 1 aliphatic rings. The van der Waals surface area contributed by atoms with E-state index in [0.29, 0.717) is 29.1 Å². The van der Waals surface area contributed by atoms with Crippen LogP contribution in [0.15, 0.2) is 41.2 Å². The maximum Gasteiger partial charge on any atom is 0.313 e. The van der Waals surface area contributed by atoms with Gasteiger partial charge in [0, 0.05) is 30.0 Å². The number of carboxylic acid groups (broad SMARTS) is 1. The van der Waals surface area contributed by atoms with Gasteiger partial charge in [0.25, 0.3) is 5.56 Å². The molecule has 3 heterocycles. The second kappa shape index (κ2) is 7.18. The van der Waals surface area contributed by atoms with E-state index >= 15 is 0 Å². The molecule has 4 rings (SSSR count). The van der Waals surface area contributed by atoms with Crippen LogP contribution in [0.3, 0.4) is 0 Å². The number of aromatic nitrogens is 2. The van der Waals surface area contributed by atoms with Crippen LogP contribution in [0, 0.1) is 0 Å². The van der Waals surface area contributed by atoms with Gasteiger partial charge in [-0.25, -0.2) is 4.98 Å². The number of aliphatic hydroxyl groups is 1. The van der Waals surface area contributed by atoms with Gasteiger partial charge in [0.15, 0.2) is 0 Å². The fraction of sp³-hybridized carbons (Fsp3) is 0.286. The number of para-hydroxylation sites is 1. The van der Waals surface area contributed by atoms with Gasteiger partial charge in [0.1, 0.15) is 5.92 Å². The van der Waals surface area contributed by atoms with Crippen molar-refractivity contribution in [1.29, 1.82) is 0 Å². The lowest BCUT2D eigenvalue weighted by atomic mass is 9.93. The Morgan fingerprint density at radius 1 is 1.32 bits per heavy atom. The first-order valence-corrected chi connectivity index (χ1v) is 9.03. The number of carbonyl (C=O) groups is 1. The number of fused-ring (bicyclic) bond motifs is 4. The number of pyridine rings is 2. The van der Waals surface area contributed by atoms with Crippen LogP contribution in [0.1, 0.15) is 22.6 Å². The molecule has 0 amide bonds. The lowest BCUT2D eigenvalue weighted by Crippen LogP contribution is -2.29. The molecule has 1 aliphatic heterocycles. The lowest BCUT2D eigenvalue weighted by molar-refractivity contribution is -0.139. The average molecular weight is 380 g/mol. The summed E-state index contributed by atoms with van der Waals surface area (Å²) in [4.78, 5) is 29.6. The molecule has 1 atom stereocenters. The molecule has 0 bridgehead atoms. The quantitative estimate of drug-likeness (QED) is 0.529. The minimum atomic E-state index is -1.17. The van der Waals surface area contributed by atoms with E-state index < -0.39 is 18.5 Å². The molecule has 3 aromatic rings. The van der Waals surface area contributed by atoms with Crippen molar-refractivity contribution in [2.24, 2.45) is 0 Å². The number of rotatable bonds is 6. The van der Waals surface area contributed by atoms with E-state index in [1.54, 1.807) is 10.6 Å². The summed E-state index contributed by atoms with van der Waals surface area (Å²) in [5.74, 6) is -2.34. The van der Waals surface area contributed by atoms with E-state index in [4.69, 9.17) is 9.72 Å². The smallest absolute Gasteiger partial charge is 0.313 e. The molecule has 0 saturated heterocycles. The van der Waals surface area contributed by atoms with Crippen LogP contribution in [0.2, 0.25) is 0 Å². The second-order valence-electron chi connectivity index (χ2n) is 6.86. The Labute approximate surface area is 160 Å². The topological polar surface area (TPSA) is 102 Å². The van der Waals surface area contributed by atoms with Crippen molar-refractivity contribution in [3.05, 3.63) is 63.4 Å². The average Bonchev–Trinajstić information content (AvgIpc) is 3.04. The number of methoxy groups -OCH3 is 1. The summed E-state index contributed by atoms with van der Waals surface area (Å²) in [6.45, 7) is 0.0864. The zero-order valence-corrected chi connectivity index (χ0v) is 15.4. The van der Waals surface area contributed by atoms with Crippen LogP contribution in [-0.2, 0) is 22.5 Å². The van der Waals surface area contributed by atoms with E-state index in [1.807, 2.05) is 30.3 Å². The molecular formula is C21H20N2O5. The summed E-state index contributed by atoms with van der Waals surface area (Å²) in [5, 5.41) is 20.2. The first-order valence-electron chi connectivity index (χ1n) is 9.03. The first kappa shape index (κ1) is 18.3. The van der Waals surface area contributed by atoms with Crippen molar-refractivity contribution in [1.82, 2.24) is 9.55 Å². The Kier molecular flexibility index (Phi) is 4.70. The first-order chi connectivity index (χ1) is 13.5. The Morgan fingerprint density at radius 3 is 2.82 bits per heavy atom. The SMILES string of the molecule is COCCc1c(C(CO)C(=O)O)cc2n(c1=O)Cc1cc3ccccc3nc1-2. The van der Waals surface area contributed by atoms with Crippen LogP contribution in [-0.4, -0.2) is 46.1 Å². The van der Waals surface area contributed by atoms with Crippen molar-refractivity contribution < 1.29 is 19.7 Å². The van der Waals surface area contributed by atoms with Crippen LogP contribution in [0.5, 0.6) is 0 Å². The number of aliphatic hydroxyl groups excluding tert-OH is 1. The summed E-state index contributed by atoms with van der Waals surface area (Å²) in [5.41, 5.74) is 3.42. The molecular weight excluding hydrogens is 360 g/mol. The van der Waals surface area contributed by atoms with Crippen molar-refractivity contribution >= 4 is 16.9 Å². The van der Waals surface area contributed by atoms with Gasteiger partial charge in [-0.15, -0.1) is 0 Å². The molecule has 2 aromatic heterocycles. The Balaban J connectivity index is 1.95. The summed E-state index contributed by atoms with van der Waals surface area (Å²) in [7, 11) is 1.52. The monoisotopic (exact) mass is 380 g/mol. The maximum absolute atomic E-state index is 13.2.